The van der Waals surface area contributed by atoms with Crippen LogP contribution in [0.25, 0.3) is 0 Å². The summed E-state index contributed by atoms with van der Waals surface area (Å²) in [5.74, 6) is 0.117. The maximum Gasteiger partial charge on any atom is 0.410 e. The summed E-state index contributed by atoms with van der Waals surface area (Å²) in [4.78, 5) is 14.7. The van der Waals surface area contributed by atoms with E-state index >= 15 is 0 Å². The van der Waals surface area contributed by atoms with Gasteiger partial charge in [-0.1, -0.05) is 48.0 Å². The molecule has 2 aromatic rings. The van der Waals surface area contributed by atoms with Gasteiger partial charge in [0, 0.05) is 24.5 Å². The smallest absolute Gasteiger partial charge is 0.410 e. The van der Waals surface area contributed by atoms with E-state index in [2.05, 4.69) is 5.32 Å². The predicted molar refractivity (Wildman–Crippen MR) is 120 cm³/mol. The normalized spacial score (nSPS) is 19.5. The molecule has 166 valence electrons. The molecule has 7 heteroatoms. The van der Waals surface area contributed by atoms with E-state index in [1.807, 2.05) is 49.4 Å². The van der Waals surface area contributed by atoms with Gasteiger partial charge in [0.1, 0.15) is 6.61 Å². The zero-order chi connectivity index (χ0) is 21.9. The van der Waals surface area contributed by atoms with Crippen molar-refractivity contribution in [2.75, 3.05) is 25.4 Å². The van der Waals surface area contributed by atoms with Gasteiger partial charge in [-0.25, -0.2) is 13.2 Å². The lowest BCUT2D eigenvalue weighted by molar-refractivity contribution is 0.102. The number of carbonyl (C=O) groups is 1. The zero-order valence-electron chi connectivity index (χ0n) is 17.9. The predicted octanol–water partition coefficient (Wildman–Crippen LogP) is 3.55. The van der Waals surface area contributed by atoms with E-state index in [1.54, 1.807) is 17.0 Å². The van der Waals surface area contributed by atoms with Gasteiger partial charge in [-0.15, -0.1) is 0 Å². The number of ether oxygens (including phenoxy) is 1. The first-order valence-corrected chi connectivity index (χ1v) is 12.5. The highest BCUT2D eigenvalue weighted by Crippen LogP contribution is 2.52. The summed E-state index contributed by atoms with van der Waals surface area (Å²) in [5, 5.41) is 3.51. The summed E-state index contributed by atoms with van der Waals surface area (Å²) in [6, 6.07) is 16.9. The van der Waals surface area contributed by atoms with Crippen LogP contribution in [-0.4, -0.2) is 50.8 Å². The standard InChI is InChI=1S/C24H30N2O4S/c1-19-8-10-21(11-9-19)31(28,29)15-5-14-25-22-16-26(18-24(22)12-13-24)23(27)30-17-20-6-3-2-4-7-20/h2-4,6-11,22,25H,5,12-18H2,1H3/t22-/m0/s1. The molecule has 2 aliphatic rings. The van der Waals surface area contributed by atoms with Crippen molar-refractivity contribution in [3.8, 4) is 0 Å². The van der Waals surface area contributed by atoms with Gasteiger partial charge in [0.15, 0.2) is 9.84 Å². The zero-order valence-corrected chi connectivity index (χ0v) is 18.7. The van der Waals surface area contributed by atoms with Crippen molar-refractivity contribution in [3.63, 3.8) is 0 Å². The van der Waals surface area contributed by atoms with E-state index in [0.717, 1.165) is 24.0 Å². The molecule has 1 atom stereocenters. The number of nitrogens with one attached hydrogen (secondary N) is 1. The average molecular weight is 443 g/mol. The molecule has 0 unspecified atom stereocenters. The van der Waals surface area contributed by atoms with E-state index < -0.39 is 9.84 Å². The monoisotopic (exact) mass is 442 g/mol. The molecule has 1 aliphatic carbocycles. The third-order valence-corrected chi connectivity index (χ3v) is 8.18. The first kappa shape index (κ1) is 21.8. The van der Waals surface area contributed by atoms with Gasteiger partial charge in [0.2, 0.25) is 0 Å². The molecule has 1 aliphatic heterocycles. The van der Waals surface area contributed by atoms with Crippen molar-refractivity contribution in [1.82, 2.24) is 10.2 Å². The molecule has 31 heavy (non-hydrogen) atoms. The Bertz CT molecular complexity index is 1000. The number of aryl methyl sites for hydroxylation is 1. The SMILES string of the molecule is Cc1ccc(S(=O)(=O)CCCN[C@H]2CN(C(=O)OCc3ccccc3)CC23CC3)cc1. The largest absolute Gasteiger partial charge is 0.445 e. The minimum absolute atomic E-state index is 0.117. The number of nitrogens with zero attached hydrogens (tertiary/aromatic N) is 1. The fourth-order valence-corrected chi connectivity index (χ4v) is 5.58. The molecule has 2 fully saturated rings. The Hall–Kier alpha value is -2.38. The molecule has 1 N–H and O–H groups in total. The summed E-state index contributed by atoms with van der Waals surface area (Å²) in [6.45, 7) is 4.15. The molecule has 1 heterocycles. The van der Waals surface area contributed by atoms with Gasteiger partial charge in [-0.3, -0.25) is 0 Å². The minimum atomic E-state index is -3.27. The number of sulfone groups is 1. The molecule has 1 saturated heterocycles. The van der Waals surface area contributed by atoms with Crippen LogP contribution in [0.5, 0.6) is 0 Å². The molecule has 1 spiro atoms. The summed E-state index contributed by atoms with van der Waals surface area (Å²) < 4.78 is 30.5. The fraction of sp³-hybridized carbons (Fsp3) is 0.458. The summed E-state index contributed by atoms with van der Waals surface area (Å²) in [7, 11) is -3.27. The van der Waals surface area contributed by atoms with Crippen LogP contribution < -0.4 is 5.32 Å². The highest BCUT2D eigenvalue weighted by atomic mass is 32.2. The Labute approximate surface area is 184 Å². The van der Waals surface area contributed by atoms with Crippen LogP contribution in [0.1, 0.15) is 30.4 Å². The third-order valence-electron chi connectivity index (χ3n) is 6.36. The van der Waals surface area contributed by atoms with Crippen molar-refractivity contribution in [2.24, 2.45) is 5.41 Å². The highest BCUT2D eigenvalue weighted by molar-refractivity contribution is 7.91. The van der Waals surface area contributed by atoms with Crippen LogP contribution in [0, 0.1) is 12.3 Å². The van der Waals surface area contributed by atoms with Gasteiger partial charge < -0.3 is 15.0 Å². The van der Waals surface area contributed by atoms with Gasteiger partial charge >= 0.3 is 6.09 Å². The topological polar surface area (TPSA) is 75.7 Å². The number of rotatable bonds is 8. The van der Waals surface area contributed by atoms with Crippen LogP contribution >= 0.6 is 0 Å². The number of hydrogen-bond donors (Lipinski definition) is 1. The van der Waals surface area contributed by atoms with Crippen molar-refractivity contribution >= 4 is 15.9 Å². The second-order valence-corrected chi connectivity index (χ2v) is 10.9. The van der Waals surface area contributed by atoms with Gasteiger partial charge in [-0.2, -0.15) is 0 Å². The summed E-state index contributed by atoms with van der Waals surface area (Å²) >= 11 is 0. The van der Waals surface area contributed by atoms with Gasteiger partial charge in [-0.05, 0) is 50.4 Å². The number of hydrogen-bond acceptors (Lipinski definition) is 5. The van der Waals surface area contributed by atoms with Crippen LogP contribution in [0.2, 0.25) is 0 Å². The Morgan fingerprint density at radius 1 is 1.13 bits per heavy atom. The lowest BCUT2D eigenvalue weighted by Crippen LogP contribution is -2.39. The van der Waals surface area contributed by atoms with Crippen LogP contribution in [0.3, 0.4) is 0 Å². The average Bonchev–Trinajstić information content (AvgIpc) is 3.45. The van der Waals surface area contributed by atoms with Gasteiger partial charge in [0.05, 0.1) is 10.6 Å². The highest BCUT2D eigenvalue weighted by Gasteiger charge is 2.56. The van der Waals surface area contributed by atoms with E-state index in [-0.39, 0.29) is 29.9 Å². The van der Waals surface area contributed by atoms with Gasteiger partial charge in [0.25, 0.3) is 0 Å². The third kappa shape index (κ3) is 5.28. The first-order chi connectivity index (χ1) is 14.9. The number of amides is 1. The summed E-state index contributed by atoms with van der Waals surface area (Å²) in [6.07, 6.45) is 2.45. The Balaban J connectivity index is 1.24. The van der Waals surface area contributed by atoms with E-state index in [4.69, 9.17) is 4.74 Å². The Morgan fingerprint density at radius 3 is 2.52 bits per heavy atom. The molecule has 4 rings (SSSR count). The van der Waals surface area contributed by atoms with Crippen molar-refractivity contribution in [3.05, 3.63) is 65.7 Å². The Morgan fingerprint density at radius 2 is 1.84 bits per heavy atom. The summed E-state index contributed by atoms with van der Waals surface area (Å²) in [5.41, 5.74) is 2.14. The maximum atomic E-state index is 12.5. The second kappa shape index (κ2) is 9.01. The molecular weight excluding hydrogens is 412 g/mol. The molecule has 1 amide bonds. The van der Waals surface area contributed by atoms with Crippen molar-refractivity contribution in [1.29, 1.82) is 0 Å². The Kier molecular flexibility index (Phi) is 6.34. The molecule has 0 aromatic heterocycles. The number of likely N-dealkylation sites (tertiary alicyclic amines) is 1. The van der Waals surface area contributed by atoms with Crippen LogP contribution in [0.4, 0.5) is 4.79 Å². The second-order valence-electron chi connectivity index (χ2n) is 8.78. The number of benzene rings is 2. The van der Waals surface area contributed by atoms with Crippen molar-refractivity contribution in [2.45, 2.75) is 43.7 Å². The van der Waals surface area contributed by atoms with Crippen LogP contribution in [-0.2, 0) is 21.2 Å². The molecule has 0 radical (unpaired) electrons. The molecular formula is C24H30N2O4S. The van der Waals surface area contributed by atoms with E-state index in [0.29, 0.717) is 31.0 Å². The molecule has 1 saturated carbocycles. The quantitative estimate of drug-likeness (QED) is 0.633. The molecule has 2 aromatic carbocycles. The minimum Gasteiger partial charge on any atom is -0.445 e. The van der Waals surface area contributed by atoms with Crippen LogP contribution in [0.15, 0.2) is 59.5 Å². The lowest BCUT2D eigenvalue weighted by Gasteiger charge is -2.18. The maximum absolute atomic E-state index is 12.5. The van der Waals surface area contributed by atoms with Crippen molar-refractivity contribution < 1.29 is 17.9 Å². The van der Waals surface area contributed by atoms with E-state index in [9.17, 15) is 13.2 Å². The fourth-order valence-electron chi connectivity index (χ4n) is 4.27. The molecule has 6 nitrogen and oxygen atoms in total. The first-order valence-electron chi connectivity index (χ1n) is 10.9. The van der Waals surface area contributed by atoms with E-state index in [1.165, 1.54) is 0 Å². The lowest BCUT2D eigenvalue weighted by atomic mass is 10.0. The molecule has 0 bridgehead atoms. The number of carbonyl (C=O) groups excluding carboxylic acids is 1.